The normalized spacial score (nSPS) is 13.1. The summed E-state index contributed by atoms with van der Waals surface area (Å²) in [6, 6.07) is 69.2. The highest BCUT2D eigenvalue weighted by Gasteiger charge is 2.41. The monoisotopic (exact) mass is 886 g/mol. The Bertz CT molecular complexity index is 2330. The molecule has 332 valence electrons. The van der Waals surface area contributed by atoms with Gasteiger partial charge in [-0.2, -0.15) is 0 Å². The van der Waals surface area contributed by atoms with Crippen molar-refractivity contribution in [3.05, 3.63) is 251 Å². The maximum atomic E-state index is 14.5. The van der Waals surface area contributed by atoms with Gasteiger partial charge in [-0.3, -0.25) is 13.6 Å². The summed E-state index contributed by atoms with van der Waals surface area (Å²) in [5, 5.41) is 0. The third kappa shape index (κ3) is 13.8. The molecule has 0 N–H and O–H groups in total. The molecule has 0 amide bonds. The Labute approximate surface area is 383 Å². The van der Waals surface area contributed by atoms with Crippen LogP contribution < -0.4 is 0 Å². The zero-order valence-corrected chi connectivity index (χ0v) is 37.3. The van der Waals surface area contributed by atoms with Crippen molar-refractivity contribution in [3.63, 3.8) is 0 Å². The Morgan fingerprint density at radius 3 is 1.22 bits per heavy atom. The Hall–Kier alpha value is -5.95. The SMILES string of the molecule is C#CCO[C@H](COC(c1ccccc1)(c1ccccc1)c1ccccc1)[C@@H](OCc1ccccc1)[C@@H](CCOP(=O)(OCc1ccccc1)OCc1ccccc1)OCc1ccccc1. The molecule has 0 unspecified atom stereocenters. The highest BCUT2D eigenvalue weighted by atomic mass is 31.2. The summed E-state index contributed by atoms with van der Waals surface area (Å²) in [5.74, 6) is 2.67. The lowest BCUT2D eigenvalue weighted by molar-refractivity contribution is -0.172. The van der Waals surface area contributed by atoms with Gasteiger partial charge in [0.1, 0.15) is 24.4 Å². The first kappa shape index (κ1) is 47.0. The van der Waals surface area contributed by atoms with E-state index in [0.29, 0.717) is 0 Å². The van der Waals surface area contributed by atoms with Gasteiger partial charge in [0.05, 0.1) is 45.7 Å². The highest BCUT2D eigenvalue weighted by molar-refractivity contribution is 7.48. The van der Waals surface area contributed by atoms with Crippen LogP contribution in [0.4, 0.5) is 0 Å². The van der Waals surface area contributed by atoms with Crippen molar-refractivity contribution in [2.24, 2.45) is 0 Å². The van der Waals surface area contributed by atoms with Crippen LogP contribution in [0.5, 0.6) is 0 Å². The van der Waals surface area contributed by atoms with Crippen molar-refractivity contribution in [3.8, 4) is 12.3 Å². The molecule has 0 aliphatic heterocycles. The quantitative estimate of drug-likeness (QED) is 0.0302. The van der Waals surface area contributed by atoms with Gasteiger partial charge in [0.25, 0.3) is 0 Å². The Kier molecular flexibility index (Phi) is 18.0. The lowest BCUT2D eigenvalue weighted by atomic mass is 9.80. The zero-order valence-electron chi connectivity index (χ0n) is 36.4. The highest BCUT2D eigenvalue weighted by Crippen LogP contribution is 2.51. The van der Waals surface area contributed by atoms with Crippen LogP contribution in [0.25, 0.3) is 0 Å². The summed E-state index contributed by atoms with van der Waals surface area (Å²) >= 11 is 0. The molecule has 0 aliphatic rings. The summed E-state index contributed by atoms with van der Waals surface area (Å²) in [6.45, 7) is 0.457. The lowest BCUT2D eigenvalue weighted by Gasteiger charge is -2.39. The number of phosphoric acid groups is 1. The smallest absolute Gasteiger partial charge is 0.371 e. The molecular weight excluding hydrogens is 832 g/mol. The van der Waals surface area contributed by atoms with Crippen LogP contribution in [0.3, 0.4) is 0 Å². The van der Waals surface area contributed by atoms with E-state index in [4.69, 9.17) is 38.9 Å². The van der Waals surface area contributed by atoms with Gasteiger partial charge in [-0.25, -0.2) is 4.57 Å². The Morgan fingerprint density at radius 1 is 0.446 bits per heavy atom. The third-order valence-electron chi connectivity index (χ3n) is 10.8. The fraction of sp³-hybridized carbons (Fsp3) is 0.214. The van der Waals surface area contributed by atoms with Crippen molar-refractivity contribution >= 4 is 7.82 Å². The standard InChI is InChI=1S/C56H55O8P/c1-2-39-58-54(45-61-56(50-32-18-7-19-33-50,51-34-20-8-21-35-51)52-36-22-9-23-37-52)55(60-42-47-26-12-4-13-27-47)53(59-41-46-24-10-3-11-25-46)38-40-62-65(57,63-43-48-28-14-5-15-29-48)64-44-49-30-16-6-17-31-49/h1,3-37,53-55H,38-45H2/t53-,54-,55+/m1/s1. The van der Waals surface area contributed by atoms with Gasteiger partial charge in [0.2, 0.25) is 0 Å². The number of rotatable bonds is 26. The molecular formula is C56H55O8P. The topological polar surface area (TPSA) is 81.7 Å². The maximum Gasteiger partial charge on any atom is 0.475 e. The van der Waals surface area contributed by atoms with E-state index in [1.165, 1.54) is 0 Å². The summed E-state index contributed by atoms with van der Waals surface area (Å²) in [6.07, 6.45) is 3.85. The molecule has 0 radical (unpaired) electrons. The van der Waals surface area contributed by atoms with E-state index in [1.54, 1.807) is 0 Å². The van der Waals surface area contributed by atoms with E-state index in [0.717, 1.165) is 38.9 Å². The van der Waals surface area contributed by atoms with Crippen LogP contribution >= 0.6 is 7.82 Å². The Morgan fingerprint density at radius 2 is 0.815 bits per heavy atom. The maximum absolute atomic E-state index is 14.5. The van der Waals surface area contributed by atoms with Crippen LogP contribution in [0, 0.1) is 12.3 Å². The van der Waals surface area contributed by atoms with Gasteiger partial charge in [0, 0.05) is 6.42 Å². The van der Waals surface area contributed by atoms with Gasteiger partial charge in [-0.1, -0.05) is 218 Å². The molecule has 0 aliphatic carbocycles. The van der Waals surface area contributed by atoms with E-state index < -0.39 is 31.7 Å². The van der Waals surface area contributed by atoms with Crippen LogP contribution in [0.15, 0.2) is 212 Å². The molecule has 0 spiro atoms. The minimum atomic E-state index is -4.13. The van der Waals surface area contributed by atoms with E-state index in [1.807, 2.05) is 176 Å². The molecule has 0 fully saturated rings. The molecule has 3 atom stereocenters. The van der Waals surface area contributed by atoms with Crippen LogP contribution in [0.2, 0.25) is 0 Å². The number of hydrogen-bond donors (Lipinski definition) is 0. The van der Waals surface area contributed by atoms with E-state index >= 15 is 0 Å². The molecule has 0 saturated heterocycles. The molecule has 7 aromatic rings. The van der Waals surface area contributed by atoms with Crippen LogP contribution in [0.1, 0.15) is 45.4 Å². The van der Waals surface area contributed by atoms with Gasteiger partial charge >= 0.3 is 7.82 Å². The minimum Gasteiger partial charge on any atom is -0.371 e. The van der Waals surface area contributed by atoms with E-state index in [-0.39, 0.29) is 52.7 Å². The fourth-order valence-electron chi connectivity index (χ4n) is 7.56. The van der Waals surface area contributed by atoms with Crippen molar-refractivity contribution in [2.45, 2.75) is 56.8 Å². The van der Waals surface area contributed by atoms with Crippen molar-refractivity contribution in [1.82, 2.24) is 0 Å². The summed E-state index contributed by atoms with van der Waals surface area (Å²) in [7, 11) is -4.13. The van der Waals surface area contributed by atoms with E-state index in [9.17, 15) is 4.57 Å². The number of ether oxygens (including phenoxy) is 4. The van der Waals surface area contributed by atoms with Gasteiger partial charge in [-0.05, 0) is 38.9 Å². The average molecular weight is 887 g/mol. The number of benzene rings is 7. The van der Waals surface area contributed by atoms with Gasteiger partial charge in [0.15, 0.2) is 0 Å². The minimum absolute atomic E-state index is 0.0218. The first-order valence-electron chi connectivity index (χ1n) is 21.8. The van der Waals surface area contributed by atoms with Crippen molar-refractivity contribution in [2.75, 3.05) is 19.8 Å². The summed E-state index contributed by atoms with van der Waals surface area (Å²) in [4.78, 5) is 0. The summed E-state index contributed by atoms with van der Waals surface area (Å²) < 4.78 is 60.4. The molecule has 7 rings (SSSR count). The number of terminal acetylenes is 1. The first-order valence-corrected chi connectivity index (χ1v) is 23.3. The number of hydrogen-bond acceptors (Lipinski definition) is 8. The molecule has 9 heteroatoms. The average Bonchev–Trinajstić information content (AvgIpc) is 3.38. The van der Waals surface area contributed by atoms with E-state index in [2.05, 4.69) is 42.3 Å². The van der Waals surface area contributed by atoms with Gasteiger partial charge in [-0.15, -0.1) is 6.42 Å². The molecule has 65 heavy (non-hydrogen) atoms. The lowest BCUT2D eigenvalue weighted by Crippen LogP contribution is -2.47. The first-order chi connectivity index (χ1) is 32.0. The van der Waals surface area contributed by atoms with Crippen molar-refractivity contribution < 1.29 is 37.1 Å². The van der Waals surface area contributed by atoms with Crippen LogP contribution in [-0.2, 0) is 69.1 Å². The van der Waals surface area contributed by atoms with Crippen molar-refractivity contribution in [1.29, 1.82) is 0 Å². The van der Waals surface area contributed by atoms with Gasteiger partial charge < -0.3 is 18.9 Å². The third-order valence-corrected chi connectivity index (χ3v) is 12.2. The molecule has 7 aromatic carbocycles. The molecule has 0 bridgehead atoms. The fourth-order valence-corrected chi connectivity index (χ4v) is 8.72. The predicted octanol–water partition coefficient (Wildman–Crippen LogP) is 12.1. The molecule has 8 nitrogen and oxygen atoms in total. The molecule has 0 saturated carbocycles. The second-order valence-corrected chi connectivity index (χ2v) is 17.0. The second kappa shape index (κ2) is 24.9. The summed E-state index contributed by atoms with van der Waals surface area (Å²) in [5.41, 5.74) is 5.29. The largest absolute Gasteiger partial charge is 0.475 e. The zero-order chi connectivity index (χ0) is 44.8. The predicted molar refractivity (Wildman–Crippen MR) is 254 cm³/mol. The molecule has 0 aromatic heterocycles. The Balaban J connectivity index is 1.23. The molecule has 0 heterocycles. The second-order valence-electron chi connectivity index (χ2n) is 15.3. The van der Waals surface area contributed by atoms with Crippen LogP contribution in [-0.4, -0.2) is 38.1 Å². The number of phosphoric ester groups is 1.